The molecule has 2 aliphatic rings. The van der Waals surface area contributed by atoms with Gasteiger partial charge in [0.05, 0.1) is 5.69 Å². The number of hydrogen-bond donors (Lipinski definition) is 0. The molecule has 40 heavy (non-hydrogen) atoms. The molecule has 0 radical (unpaired) electrons. The number of thiophene rings is 1. The lowest BCUT2D eigenvalue weighted by molar-refractivity contribution is 0.603. The van der Waals surface area contributed by atoms with Crippen LogP contribution in [0.15, 0.2) is 133 Å². The van der Waals surface area contributed by atoms with E-state index in [0.29, 0.717) is 0 Å². The Balaban J connectivity index is 1.15. The van der Waals surface area contributed by atoms with Gasteiger partial charge in [0.25, 0.3) is 0 Å². The van der Waals surface area contributed by atoms with Crippen molar-refractivity contribution in [3.63, 3.8) is 0 Å². The third-order valence-corrected chi connectivity index (χ3v) is 9.50. The first-order valence-corrected chi connectivity index (χ1v) is 14.4. The maximum atomic E-state index is 6.69. The maximum Gasteiger partial charge on any atom is 0.524 e. The summed E-state index contributed by atoms with van der Waals surface area (Å²) in [5.74, 6) is 0.922. The van der Waals surface area contributed by atoms with Crippen LogP contribution in [0, 0.1) is 0 Å². The molecule has 0 N–H and O–H groups in total. The third-order valence-electron chi connectivity index (χ3n) is 8.28. The highest BCUT2D eigenvalue weighted by Gasteiger charge is 2.44. The van der Waals surface area contributed by atoms with E-state index in [1.165, 1.54) is 59.1 Å². The molecule has 9 rings (SSSR count). The Kier molecular flexibility index (Phi) is 4.61. The Labute approximate surface area is 236 Å². The molecule has 0 unspecified atom stereocenters. The van der Waals surface area contributed by atoms with Gasteiger partial charge in [0.15, 0.2) is 0 Å². The molecule has 0 aliphatic carbocycles. The Morgan fingerprint density at radius 2 is 1.25 bits per heavy atom. The normalized spacial score (nSPS) is 13.1. The van der Waals surface area contributed by atoms with Crippen molar-refractivity contribution >= 4 is 55.4 Å². The van der Waals surface area contributed by atoms with Crippen LogP contribution in [0.5, 0.6) is 5.75 Å². The Hall–Kier alpha value is -4.80. The van der Waals surface area contributed by atoms with Gasteiger partial charge < -0.3 is 9.47 Å². The number of para-hydroxylation sites is 1. The van der Waals surface area contributed by atoms with E-state index in [2.05, 4.69) is 138 Å². The zero-order valence-corrected chi connectivity index (χ0v) is 22.4. The smallest absolute Gasteiger partial charge is 0.524 e. The fourth-order valence-corrected chi connectivity index (χ4v) is 7.69. The highest BCUT2D eigenvalue weighted by Crippen LogP contribution is 2.48. The summed E-state index contributed by atoms with van der Waals surface area (Å²) in [4.78, 5) is 2.34. The number of nitrogens with zero attached hydrogens (tertiary/aromatic N) is 1. The van der Waals surface area contributed by atoms with Crippen molar-refractivity contribution in [1.29, 1.82) is 0 Å². The topological polar surface area (TPSA) is 12.5 Å². The average molecular weight is 527 g/mol. The van der Waals surface area contributed by atoms with Crippen molar-refractivity contribution < 1.29 is 4.65 Å². The van der Waals surface area contributed by atoms with E-state index in [-0.39, 0.29) is 7.05 Å². The average Bonchev–Trinajstić information content (AvgIpc) is 3.60. The molecule has 0 spiro atoms. The second-order valence-corrected chi connectivity index (χ2v) is 11.5. The van der Waals surface area contributed by atoms with Gasteiger partial charge in [-0.15, -0.1) is 11.3 Å². The maximum absolute atomic E-state index is 6.69. The van der Waals surface area contributed by atoms with Crippen LogP contribution in [-0.2, 0) is 0 Å². The molecule has 186 valence electrons. The van der Waals surface area contributed by atoms with Gasteiger partial charge in [0.2, 0.25) is 0 Å². The van der Waals surface area contributed by atoms with Crippen molar-refractivity contribution in [3.05, 3.63) is 133 Å². The monoisotopic (exact) mass is 527 g/mol. The fourth-order valence-electron chi connectivity index (χ4n) is 6.45. The third kappa shape index (κ3) is 3.11. The molecule has 3 heterocycles. The summed E-state index contributed by atoms with van der Waals surface area (Å²) in [6.07, 6.45) is 0. The number of hydrogen-bond acceptors (Lipinski definition) is 3. The summed E-state index contributed by atoms with van der Waals surface area (Å²) in [6, 6.07) is 48.1. The second kappa shape index (κ2) is 8.35. The van der Waals surface area contributed by atoms with Crippen LogP contribution < -0.4 is 14.9 Å². The first-order valence-electron chi connectivity index (χ1n) is 13.6. The van der Waals surface area contributed by atoms with Crippen LogP contribution in [0.2, 0.25) is 0 Å². The molecule has 0 saturated heterocycles. The van der Waals surface area contributed by atoms with E-state index in [9.17, 15) is 0 Å². The summed E-state index contributed by atoms with van der Waals surface area (Å²) >= 11 is 1.88. The standard InChI is InChI=1S/C36H22BNOS/c1-4-16-31-27(11-1)28-12-2-5-17-32(28)38-33-20-19-24(22-34(33)39-37(31)38)23-9-7-10-25(21-23)26-14-8-15-30-29-13-3-6-18-35(29)40-36(26)30/h1-22H. The van der Waals surface area contributed by atoms with Gasteiger partial charge >= 0.3 is 7.05 Å². The first-order chi connectivity index (χ1) is 19.8. The minimum Gasteiger partial charge on any atom is -0.536 e. The summed E-state index contributed by atoms with van der Waals surface area (Å²) in [5.41, 5.74) is 10.9. The van der Waals surface area contributed by atoms with E-state index in [0.717, 1.165) is 17.0 Å². The second-order valence-electron chi connectivity index (χ2n) is 10.5. The van der Waals surface area contributed by atoms with Gasteiger partial charge in [0, 0.05) is 31.4 Å². The number of anilines is 2. The van der Waals surface area contributed by atoms with Crippen molar-refractivity contribution in [2.45, 2.75) is 0 Å². The van der Waals surface area contributed by atoms with Crippen molar-refractivity contribution in [2.75, 3.05) is 4.81 Å². The quantitative estimate of drug-likeness (QED) is 0.208. The number of fused-ring (bicyclic) bond motifs is 11. The predicted molar refractivity (Wildman–Crippen MR) is 170 cm³/mol. The van der Waals surface area contributed by atoms with Crippen LogP contribution in [0.1, 0.15) is 0 Å². The first kappa shape index (κ1) is 22.1. The summed E-state index contributed by atoms with van der Waals surface area (Å²) < 4.78 is 9.36. The Morgan fingerprint density at radius 3 is 2.23 bits per heavy atom. The lowest BCUT2D eigenvalue weighted by Gasteiger charge is -2.31. The molecule has 7 aromatic rings. The van der Waals surface area contributed by atoms with Crippen LogP contribution in [0.4, 0.5) is 11.4 Å². The molecular formula is C36H22BNOS. The number of benzene rings is 6. The molecule has 2 nitrogen and oxygen atoms in total. The van der Waals surface area contributed by atoms with E-state index >= 15 is 0 Å². The van der Waals surface area contributed by atoms with Gasteiger partial charge in [-0.25, -0.2) is 0 Å². The van der Waals surface area contributed by atoms with Gasteiger partial charge in [0.1, 0.15) is 5.75 Å². The molecule has 4 heteroatoms. The molecular weight excluding hydrogens is 505 g/mol. The molecule has 0 saturated carbocycles. The number of rotatable bonds is 2. The predicted octanol–water partition coefficient (Wildman–Crippen LogP) is 9.29. The molecule has 0 atom stereocenters. The van der Waals surface area contributed by atoms with Crippen LogP contribution in [-0.4, -0.2) is 7.05 Å². The van der Waals surface area contributed by atoms with Crippen LogP contribution in [0.25, 0.3) is 53.6 Å². The summed E-state index contributed by atoms with van der Waals surface area (Å²) in [5, 5.41) is 2.66. The molecule has 6 aromatic carbocycles. The molecule has 1 aromatic heterocycles. The SMILES string of the molecule is c1cc(-c2ccc3c(c2)OB2c4ccccc4-c4ccccc4N23)cc(-c2cccc3c2sc2ccccc23)c1. The van der Waals surface area contributed by atoms with Gasteiger partial charge in [-0.2, -0.15) is 0 Å². The lowest BCUT2D eigenvalue weighted by Crippen LogP contribution is -2.50. The van der Waals surface area contributed by atoms with E-state index in [1.807, 2.05) is 11.3 Å². The Bertz CT molecular complexity index is 2130. The minimum absolute atomic E-state index is 0.159. The molecule has 0 fully saturated rings. The van der Waals surface area contributed by atoms with E-state index in [4.69, 9.17) is 4.65 Å². The van der Waals surface area contributed by atoms with E-state index < -0.39 is 0 Å². The molecule has 2 aliphatic heterocycles. The molecule has 0 bridgehead atoms. The molecule has 0 amide bonds. The fraction of sp³-hybridized carbons (Fsp3) is 0. The van der Waals surface area contributed by atoms with E-state index in [1.54, 1.807) is 0 Å². The minimum atomic E-state index is -0.159. The van der Waals surface area contributed by atoms with Crippen molar-refractivity contribution in [3.8, 4) is 39.1 Å². The van der Waals surface area contributed by atoms with Crippen molar-refractivity contribution in [1.82, 2.24) is 0 Å². The highest BCUT2D eigenvalue weighted by atomic mass is 32.1. The van der Waals surface area contributed by atoms with Crippen molar-refractivity contribution in [2.24, 2.45) is 0 Å². The lowest BCUT2D eigenvalue weighted by atomic mass is 9.65. The van der Waals surface area contributed by atoms with Crippen LogP contribution >= 0.6 is 11.3 Å². The zero-order chi connectivity index (χ0) is 26.2. The summed E-state index contributed by atoms with van der Waals surface area (Å²) in [6.45, 7) is 0. The summed E-state index contributed by atoms with van der Waals surface area (Å²) in [7, 11) is -0.159. The van der Waals surface area contributed by atoms with Gasteiger partial charge in [-0.3, -0.25) is 0 Å². The van der Waals surface area contributed by atoms with Gasteiger partial charge in [-0.05, 0) is 63.6 Å². The van der Waals surface area contributed by atoms with Crippen LogP contribution in [0.3, 0.4) is 0 Å². The largest absolute Gasteiger partial charge is 0.536 e. The highest BCUT2D eigenvalue weighted by molar-refractivity contribution is 7.26. The zero-order valence-electron chi connectivity index (χ0n) is 21.5. The Morgan fingerprint density at radius 1 is 0.525 bits per heavy atom. The van der Waals surface area contributed by atoms with Gasteiger partial charge in [-0.1, -0.05) is 103 Å².